The predicted octanol–water partition coefficient (Wildman–Crippen LogP) is 5.25. The maximum absolute atomic E-state index is 12.6. The third kappa shape index (κ3) is 4.10. The highest BCUT2D eigenvalue weighted by molar-refractivity contribution is 5.24. The van der Waals surface area contributed by atoms with Gasteiger partial charge in [0.15, 0.2) is 0 Å². The molecule has 0 radical (unpaired) electrons. The van der Waals surface area contributed by atoms with Gasteiger partial charge < -0.3 is 0 Å². The number of nitriles is 1. The second kappa shape index (κ2) is 6.76. The Morgan fingerprint density at radius 1 is 1.08 bits per heavy atom. The summed E-state index contributed by atoms with van der Waals surface area (Å²) in [7, 11) is 0. The molecule has 5 heteroatoms. The molecular weight excluding hydrogens is 313 g/mol. The third-order valence-electron chi connectivity index (χ3n) is 5.51. The molecule has 0 spiro atoms. The van der Waals surface area contributed by atoms with Crippen LogP contribution in [0.5, 0.6) is 0 Å². The van der Waals surface area contributed by atoms with Gasteiger partial charge in [-0.15, -0.1) is 0 Å². The van der Waals surface area contributed by atoms with E-state index >= 15 is 0 Å². The lowest BCUT2D eigenvalue weighted by molar-refractivity contribution is -0.137. The number of piperidine rings is 1. The minimum atomic E-state index is -4.28. The molecule has 0 atom stereocenters. The van der Waals surface area contributed by atoms with Gasteiger partial charge in [0.25, 0.3) is 0 Å². The van der Waals surface area contributed by atoms with Gasteiger partial charge in [-0.1, -0.05) is 32.9 Å². The molecule has 1 saturated heterocycles. The predicted molar refractivity (Wildman–Crippen MR) is 88.1 cm³/mol. The van der Waals surface area contributed by atoms with Crippen LogP contribution in [0.1, 0.15) is 51.2 Å². The van der Waals surface area contributed by atoms with Crippen molar-refractivity contribution in [3.05, 3.63) is 35.4 Å². The first kappa shape index (κ1) is 18.8. The molecule has 132 valence electrons. The van der Waals surface area contributed by atoms with Crippen molar-refractivity contribution >= 4 is 0 Å². The highest BCUT2D eigenvalue weighted by atomic mass is 19.4. The maximum Gasteiger partial charge on any atom is 0.416 e. The molecule has 0 aromatic heterocycles. The van der Waals surface area contributed by atoms with Gasteiger partial charge in [-0.25, -0.2) is 0 Å². The van der Waals surface area contributed by atoms with Gasteiger partial charge in [-0.2, -0.15) is 18.4 Å². The highest BCUT2D eigenvalue weighted by Crippen LogP contribution is 2.49. The van der Waals surface area contributed by atoms with Crippen LogP contribution in [0.3, 0.4) is 0 Å². The number of hydrogen-bond acceptors (Lipinski definition) is 2. The van der Waals surface area contributed by atoms with Crippen LogP contribution in [0.25, 0.3) is 0 Å². The maximum atomic E-state index is 12.6. The van der Waals surface area contributed by atoms with Crippen LogP contribution in [0.15, 0.2) is 24.3 Å². The summed E-state index contributed by atoms with van der Waals surface area (Å²) < 4.78 is 37.8. The van der Waals surface area contributed by atoms with Crippen LogP contribution in [0.2, 0.25) is 0 Å². The average molecular weight is 338 g/mol. The van der Waals surface area contributed by atoms with Gasteiger partial charge in [0.05, 0.1) is 11.6 Å². The van der Waals surface area contributed by atoms with E-state index < -0.39 is 11.7 Å². The molecule has 0 amide bonds. The zero-order valence-electron chi connectivity index (χ0n) is 14.6. The van der Waals surface area contributed by atoms with Crippen LogP contribution in [-0.4, -0.2) is 18.0 Å². The van der Waals surface area contributed by atoms with Crippen molar-refractivity contribution in [3.8, 4) is 6.07 Å². The van der Waals surface area contributed by atoms with Gasteiger partial charge >= 0.3 is 6.18 Å². The number of likely N-dealkylation sites (tertiary alicyclic amines) is 1. The zero-order chi connectivity index (χ0) is 18.0. The minimum absolute atomic E-state index is 0.0262. The Labute approximate surface area is 142 Å². The van der Waals surface area contributed by atoms with Gasteiger partial charge in [0.2, 0.25) is 0 Å². The summed E-state index contributed by atoms with van der Waals surface area (Å²) in [6, 6.07) is 7.76. The second-order valence-corrected chi connectivity index (χ2v) is 7.84. The van der Waals surface area contributed by atoms with Crippen LogP contribution in [0, 0.1) is 22.2 Å². The summed E-state index contributed by atoms with van der Waals surface area (Å²) in [5, 5.41) is 9.18. The lowest BCUT2D eigenvalue weighted by atomic mass is 9.60. The fourth-order valence-electron chi connectivity index (χ4n) is 3.54. The molecule has 2 rings (SSSR count). The summed E-state index contributed by atoms with van der Waals surface area (Å²) in [5.41, 5.74) is 0.388. The van der Waals surface area contributed by atoms with Gasteiger partial charge in [0.1, 0.15) is 0 Å². The Hall–Kier alpha value is -1.54. The molecular formula is C19H25F3N2. The number of nitrogens with zero attached hydrogens (tertiary/aromatic N) is 2. The molecule has 1 aliphatic rings. The molecule has 0 unspecified atom stereocenters. The first-order valence-electron chi connectivity index (χ1n) is 8.33. The summed E-state index contributed by atoms with van der Waals surface area (Å²) in [6.45, 7) is 8.98. The van der Waals surface area contributed by atoms with E-state index in [9.17, 15) is 18.4 Å². The SMILES string of the molecule is CC(C)(C)C1(CC#N)CCN(Cc2ccc(C(F)(F)F)cc2)CC1. The van der Waals surface area contributed by atoms with E-state index in [0.29, 0.717) is 13.0 Å². The Balaban J connectivity index is 1.99. The lowest BCUT2D eigenvalue weighted by Crippen LogP contribution is -2.46. The van der Waals surface area contributed by atoms with Crippen molar-refractivity contribution in [2.24, 2.45) is 10.8 Å². The lowest BCUT2D eigenvalue weighted by Gasteiger charge is -2.49. The van der Waals surface area contributed by atoms with E-state index in [1.54, 1.807) is 12.1 Å². The number of alkyl halides is 3. The Bertz CT molecular complexity index is 583. The standard InChI is InChI=1S/C19H25F3N2/c1-17(2,3)18(8-11-23)9-12-24(13-10-18)14-15-4-6-16(7-5-15)19(20,21)22/h4-7H,8-10,12-14H2,1-3H3. The monoisotopic (exact) mass is 338 g/mol. The van der Waals surface area contributed by atoms with Crippen molar-refractivity contribution in [2.45, 2.75) is 52.8 Å². The zero-order valence-corrected chi connectivity index (χ0v) is 14.6. The Morgan fingerprint density at radius 2 is 1.62 bits per heavy atom. The Morgan fingerprint density at radius 3 is 2.04 bits per heavy atom. The van der Waals surface area contributed by atoms with Crippen molar-refractivity contribution < 1.29 is 13.2 Å². The van der Waals surface area contributed by atoms with Crippen LogP contribution in [0.4, 0.5) is 13.2 Å². The number of rotatable bonds is 3. The van der Waals surface area contributed by atoms with Crippen LogP contribution in [-0.2, 0) is 12.7 Å². The quantitative estimate of drug-likeness (QED) is 0.753. The summed E-state index contributed by atoms with van der Waals surface area (Å²) in [6.07, 6.45) is -1.83. The fourth-order valence-corrected chi connectivity index (χ4v) is 3.54. The largest absolute Gasteiger partial charge is 0.416 e. The first-order valence-corrected chi connectivity index (χ1v) is 8.33. The Kier molecular flexibility index (Phi) is 5.29. The third-order valence-corrected chi connectivity index (χ3v) is 5.51. The van der Waals surface area contributed by atoms with Gasteiger partial charge in [0, 0.05) is 13.0 Å². The molecule has 1 heterocycles. The van der Waals surface area contributed by atoms with E-state index in [0.717, 1.165) is 43.6 Å². The first-order chi connectivity index (χ1) is 11.1. The normalized spacial score (nSPS) is 19.0. The molecule has 0 aliphatic carbocycles. The highest BCUT2D eigenvalue weighted by Gasteiger charge is 2.43. The van der Waals surface area contributed by atoms with E-state index in [2.05, 4.69) is 31.7 Å². The van der Waals surface area contributed by atoms with Gasteiger partial charge in [-0.05, 0) is 54.5 Å². The van der Waals surface area contributed by atoms with E-state index in [1.165, 1.54) is 0 Å². The van der Waals surface area contributed by atoms with Crippen molar-refractivity contribution in [1.29, 1.82) is 5.26 Å². The molecule has 1 aliphatic heterocycles. The van der Waals surface area contributed by atoms with E-state index in [-0.39, 0.29) is 10.8 Å². The second-order valence-electron chi connectivity index (χ2n) is 7.84. The van der Waals surface area contributed by atoms with Crippen molar-refractivity contribution in [2.75, 3.05) is 13.1 Å². The van der Waals surface area contributed by atoms with Crippen molar-refractivity contribution in [3.63, 3.8) is 0 Å². The molecule has 1 aromatic rings. The topological polar surface area (TPSA) is 27.0 Å². The van der Waals surface area contributed by atoms with Crippen LogP contribution < -0.4 is 0 Å². The van der Waals surface area contributed by atoms with E-state index in [4.69, 9.17) is 0 Å². The number of benzene rings is 1. The van der Waals surface area contributed by atoms with Gasteiger partial charge in [-0.3, -0.25) is 4.90 Å². The summed E-state index contributed by atoms with van der Waals surface area (Å²) >= 11 is 0. The molecule has 0 N–H and O–H groups in total. The average Bonchev–Trinajstić information content (AvgIpc) is 2.48. The fraction of sp³-hybridized carbons (Fsp3) is 0.632. The molecule has 1 fully saturated rings. The molecule has 24 heavy (non-hydrogen) atoms. The smallest absolute Gasteiger partial charge is 0.299 e. The van der Waals surface area contributed by atoms with Crippen molar-refractivity contribution in [1.82, 2.24) is 4.90 Å². The number of halogens is 3. The molecule has 0 bridgehead atoms. The number of hydrogen-bond donors (Lipinski definition) is 0. The molecule has 0 saturated carbocycles. The molecule has 2 nitrogen and oxygen atoms in total. The van der Waals surface area contributed by atoms with Crippen LogP contribution >= 0.6 is 0 Å². The summed E-state index contributed by atoms with van der Waals surface area (Å²) in [5.74, 6) is 0. The summed E-state index contributed by atoms with van der Waals surface area (Å²) in [4.78, 5) is 2.27. The van der Waals surface area contributed by atoms with E-state index in [1.807, 2.05) is 0 Å². The molecule has 1 aromatic carbocycles. The minimum Gasteiger partial charge on any atom is -0.299 e.